The first kappa shape index (κ1) is 11.6. The molecule has 0 saturated carbocycles. The van der Waals surface area contributed by atoms with E-state index in [-0.39, 0.29) is 5.41 Å². The Kier molecular flexibility index (Phi) is 4.40. The summed E-state index contributed by atoms with van der Waals surface area (Å²) in [6, 6.07) is 0. The fourth-order valence-corrected chi connectivity index (χ4v) is 0.903. The van der Waals surface area contributed by atoms with Crippen LogP contribution in [-0.2, 0) is 0 Å². The van der Waals surface area contributed by atoms with Gasteiger partial charge in [0.15, 0.2) is 0 Å². The van der Waals surface area contributed by atoms with Crippen LogP contribution < -0.4 is 5.73 Å². The molecule has 0 heterocycles. The van der Waals surface area contributed by atoms with Gasteiger partial charge in [-0.1, -0.05) is 39.3 Å². The average Bonchev–Trinajstić information content (AvgIpc) is 1.97. The molecule has 2 heteroatoms. The van der Waals surface area contributed by atoms with Crippen molar-refractivity contribution in [2.75, 3.05) is 0 Å². The Labute approximate surface area is 80.3 Å². The van der Waals surface area contributed by atoms with E-state index in [1.165, 1.54) is 0 Å². The van der Waals surface area contributed by atoms with Crippen molar-refractivity contribution in [1.29, 1.82) is 0 Å². The number of rotatable bonds is 2. The van der Waals surface area contributed by atoms with Crippen LogP contribution in [0, 0.1) is 5.41 Å². The smallest absolute Gasteiger partial charge is 0.0181 e. The molecule has 0 aromatic heterocycles. The van der Waals surface area contributed by atoms with Crippen LogP contribution in [0.15, 0.2) is 22.9 Å². The van der Waals surface area contributed by atoms with Crippen LogP contribution in [0.4, 0.5) is 0 Å². The van der Waals surface area contributed by atoms with E-state index in [4.69, 9.17) is 17.3 Å². The van der Waals surface area contributed by atoms with Crippen molar-refractivity contribution in [3.05, 3.63) is 22.9 Å². The summed E-state index contributed by atoms with van der Waals surface area (Å²) in [4.78, 5) is 0. The lowest BCUT2D eigenvalue weighted by Gasteiger charge is -2.19. The van der Waals surface area contributed by atoms with Crippen molar-refractivity contribution in [1.82, 2.24) is 0 Å². The first-order chi connectivity index (χ1) is 5.41. The highest BCUT2D eigenvalue weighted by molar-refractivity contribution is 6.29. The number of hydrogen-bond acceptors (Lipinski definition) is 1. The highest BCUT2D eigenvalue weighted by Gasteiger charge is 2.14. The van der Waals surface area contributed by atoms with E-state index in [2.05, 4.69) is 20.8 Å². The van der Waals surface area contributed by atoms with Crippen LogP contribution in [0.3, 0.4) is 0 Å². The average molecular weight is 188 g/mol. The standard InChI is InChI=1S/C10H18ClN/c1-5-9(11)6-8(7-12)10(2,3)4/h6-7H,5,12H2,1-4H3/b8-7+,9-6+. The van der Waals surface area contributed by atoms with Crippen molar-refractivity contribution in [3.8, 4) is 0 Å². The van der Waals surface area contributed by atoms with Crippen molar-refractivity contribution in [2.24, 2.45) is 11.1 Å². The van der Waals surface area contributed by atoms with E-state index in [9.17, 15) is 0 Å². The molecule has 0 amide bonds. The molecule has 1 nitrogen and oxygen atoms in total. The Hall–Kier alpha value is -0.430. The minimum atomic E-state index is 0.0735. The normalized spacial score (nSPS) is 15.1. The molecule has 0 aliphatic heterocycles. The molecule has 0 bridgehead atoms. The molecule has 0 aromatic rings. The molecule has 0 aromatic carbocycles. The summed E-state index contributed by atoms with van der Waals surface area (Å²) >= 11 is 5.91. The van der Waals surface area contributed by atoms with E-state index in [0.717, 1.165) is 17.0 Å². The van der Waals surface area contributed by atoms with Crippen molar-refractivity contribution in [3.63, 3.8) is 0 Å². The molecular weight excluding hydrogens is 170 g/mol. The maximum atomic E-state index is 5.91. The first-order valence-electron chi connectivity index (χ1n) is 4.20. The number of nitrogens with two attached hydrogens (primary N) is 1. The Bertz CT molecular complexity index is 196. The minimum absolute atomic E-state index is 0.0735. The quantitative estimate of drug-likeness (QED) is 0.659. The summed E-state index contributed by atoms with van der Waals surface area (Å²) < 4.78 is 0. The van der Waals surface area contributed by atoms with Gasteiger partial charge < -0.3 is 5.73 Å². The Morgan fingerprint density at radius 3 is 2.17 bits per heavy atom. The van der Waals surface area contributed by atoms with Gasteiger partial charge in [-0.25, -0.2) is 0 Å². The Balaban J connectivity index is 4.63. The van der Waals surface area contributed by atoms with Gasteiger partial charge in [0.2, 0.25) is 0 Å². The second-order valence-corrected chi connectivity index (χ2v) is 4.30. The zero-order valence-corrected chi connectivity index (χ0v) is 9.07. The van der Waals surface area contributed by atoms with Gasteiger partial charge in [0.05, 0.1) is 0 Å². The molecular formula is C10H18ClN. The van der Waals surface area contributed by atoms with E-state index in [0.29, 0.717) is 0 Å². The fraction of sp³-hybridized carbons (Fsp3) is 0.600. The lowest BCUT2D eigenvalue weighted by molar-refractivity contribution is 0.515. The predicted molar refractivity (Wildman–Crippen MR) is 56.0 cm³/mol. The fourth-order valence-electron chi connectivity index (χ4n) is 0.785. The molecule has 0 fully saturated rings. The molecule has 0 unspecified atom stereocenters. The summed E-state index contributed by atoms with van der Waals surface area (Å²) in [5.74, 6) is 0. The van der Waals surface area contributed by atoms with Crippen molar-refractivity contribution < 1.29 is 0 Å². The molecule has 0 saturated heterocycles. The van der Waals surface area contributed by atoms with E-state index in [1.807, 2.05) is 13.0 Å². The topological polar surface area (TPSA) is 26.0 Å². The minimum Gasteiger partial charge on any atom is -0.404 e. The molecule has 0 spiro atoms. The van der Waals surface area contributed by atoms with Gasteiger partial charge in [-0.3, -0.25) is 0 Å². The molecule has 0 rings (SSSR count). The van der Waals surface area contributed by atoms with Gasteiger partial charge in [0, 0.05) is 5.03 Å². The van der Waals surface area contributed by atoms with Gasteiger partial charge >= 0.3 is 0 Å². The second kappa shape index (κ2) is 4.56. The molecule has 12 heavy (non-hydrogen) atoms. The van der Waals surface area contributed by atoms with Crippen molar-refractivity contribution in [2.45, 2.75) is 34.1 Å². The Morgan fingerprint density at radius 1 is 1.42 bits per heavy atom. The summed E-state index contributed by atoms with van der Waals surface area (Å²) in [5.41, 5.74) is 6.65. The highest BCUT2D eigenvalue weighted by atomic mass is 35.5. The van der Waals surface area contributed by atoms with Crippen LogP contribution in [0.25, 0.3) is 0 Å². The lowest BCUT2D eigenvalue weighted by atomic mass is 9.87. The SMILES string of the molecule is CC/C(Cl)=C\C(=C/N)C(C)(C)C. The van der Waals surface area contributed by atoms with Crippen LogP contribution in [0.2, 0.25) is 0 Å². The second-order valence-electron chi connectivity index (χ2n) is 3.82. The van der Waals surface area contributed by atoms with Crippen molar-refractivity contribution >= 4 is 11.6 Å². The number of hydrogen-bond donors (Lipinski definition) is 1. The summed E-state index contributed by atoms with van der Waals surface area (Å²) in [6.07, 6.45) is 4.43. The van der Waals surface area contributed by atoms with Gasteiger partial charge in [0.25, 0.3) is 0 Å². The van der Waals surface area contributed by atoms with Crippen LogP contribution in [0.1, 0.15) is 34.1 Å². The van der Waals surface area contributed by atoms with E-state index < -0.39 is 0 Å². The highest BCUT2D eigenvalue weighted by Crippen LogP contribution is 2.27. The molecule has 0 radical (unpaired) electrons. The molecule has 0 aliphatic rings. The summed E-state index contributed by atoms with van der Waals surface area (Å²) in [7, 11) is 0. The molecule has 2 N–H and O–H groups in total. The molecule has 70 valence electrons. The molecule has 0 aliphatic carbocycles. The third kappa shape index (κ3) is 3.82. The maximum Gasteiger partial charge on any atom is 0.0181 e. The summed E-state index contributed by atoms with van der Waals surface area (Å²) in [6.45, 7) is 8.36. The third-order valence-corrected chi connectivity index (χ3v) is 2.07. The van der Waals surface area contributed by atoms with Crippen LogP contribution >= 0.6 is 11.6 Å². The van der Waals surface area contributed by atoms with Crippen LogP contribution in [-0.4, -0.2) is 0 Å². The summed E-state index contributed by atoms with van der Waals surface area (Å²) in [5, 5.41) is 0.849. The predicted octanol–water partition coefficient (Wildman–Crippen LogP) is 3.41. The largest absolute Gasteiger partial charge is 0.404 e. The van der Waals surface area contributed by atoms with Gasteiger partial charge in [-0.2, -0.15) is 0 Å². The molecule has 0 atom stereocenters. The van der Waals surface area contributed by atoms with Gasteiger partial charge in [-0.05, 0) is 29.7 Å². The monoisotopic (exact) mass is 187 g/mol. The first-order valence-corrected chi connectivity index (χ1v) is 4.58. The third-order valence-electron chi connectivity index (χ3n) is 1.70. The zero-order chi connectivity index (χ0) is 9.78. The van der Waals surface area contributed by atoms with E-state index in [1.54, 1.807) is 6.20 Å². The number of allylic oxidation sites excluding steroid dienone is 3. The lowest BCUT2D eigenvalue weighted by Crippen LogP contribution is -2.09. The van der Waals surface area contributed by atoms with E-state index >= 15 is 0 Å². The number of halogens is 1. The van der Waals surface area contributed by atoms with Crippen LogP contribution in [0.5, 0.6) is 0 Å². The van der Waals surface area contributed by atoms with Gasteiger partial charge in [0.1, 0.15) is 0 Å². The Morgan fingerprint density at radius 2 is 1.92 bits per heavy atom. The zero-order valence-electron chi connectivity index (χ0n) is 8.32. The maximum absolute atomic E-state index is 5.91. The van der Waals surface area contributed by atoms with Gasteiger partial charge in [-0.15, -0.1) is 0 Å².